The van der Waals surface area contributed by atoms with Crippen molar-refractivity contribution in [3.63, 3.8) is 0 Å². The fourth-order valence-corrected chi connectivity index (χ4v) is 1.31. The van der Waals surface area contributed by atoms with Crippen molar-refractivity contribution >= 4 is 11.9 Å². The van der Waals surface area contributed by atoms with Gasteiger partial charge in [0.2, 0.25) is 5.91 Å². The SMILES string of the molecule is O=C(O)CCCNC(=O)C1COCCN1. The van der Waals surface area contributed by atoms with E-state index in [0.717, 1.165) is 0 Å². The van der Waals surface area contributed by atoms with Gasteiger partial charge in [0, 0.05) is 19.5 Å². The molecule has 86 valence electrons. The minimum Gasteiger partial charge on any atom is -0.481 e. The number of morpholine rings is 1. The molecule has 0 spiro atoms. The molecule has 0 aromatic carbocycles. The molecule has 1 rings (SSSR count). The largest absolute Gasteiger partial charge is 0.481 e. The third kappa shape index (κ3) is 4.75. The molecule has 1 heterocycles. The molecule has 0 bridgehead atoms. The van der Waals surface area contributed by atoms with Crippen molar-refractivity contribution in [3.05, 3.63) is 0 Å². The monoisotopic (exact) mass is 216 g/mol. The second kappa shape index (κ2) is 6.36. The summed E-state index contributed by atoms with van der Waals surface area (Å²) in [5.74, 6) is -0.969. The molecule has 1 aliphatic rings. The maximum Gasteiger partial charge on any atom is 0.303 e. The minimum absolute atomic E-state index is 0.0782. The molecule has 6 nitrogen and oxygen atoms in total. The van der Waals surface area contributed by atoms with E-state index < -0.39 is 5.97 Å². The van der Waals surface area contributed by atoms with Crippen molar-refractivity contribution < 1.29 is 19.4 Å². The van der Waals surface area contributed by atoms with Crippen molar-refractivity contribution in [2.24, 2.45) is 0 Å². The van der Waals surface area contributed by atoms with Gasteiger partial charge in [0.15, 0.2) is 0 Å². The first-order chi connectivity index (χ1) is 7.20. The lowest BCUT2D eigenvalue weighted by molar-refractivity contribution is -0.137. The average Bonchev–Trinajstić information content (AvgIpc) is 2.25. The fourth-order valence-electron chi connectivity index (χ4n) is 1.31. The number of hydrogen-bond acceptors (Lipinski definition) is 4. The Morgan fingerprint density at radius 3 is 2.93 bits per heavy atom. The van der Waals surface area contributed by atoms with Crippen molar-refractivity contribution in [2.75, 3.05) is 26.3 Å². The van der Waals surface area contributed by atoms with Crippen LogP contribution in [0.2, 0.25) is 0 Å². The third-order valence-electron chi connectivity index (χ3n) is 2.10. The van der Waals surface area contributed by atoms with Crippen molar-refractivity contribution in [2.45, 2.75) is 18.9 Å². The van der Waals surface area contributed by atoms with E-state index in [1.165, 1.54) is 0 Å². The van der Waals surface area contributed by atoms with Gasteiger partial charge in [-0.2, -0.15) is 0 Å². The van der Waals surface area contributed by atoms with Gasteiger partial charge in [-0.25, -0.2) is 0 Å². The van der Waals surface area contributed by atoms with Crippen LogP contribution < -0.4 is 10.6 Å². The summed E-state index contributed by atoms with van der Waals surface area (Å²) in [7, 11) is 0. The molecule has 1 fully saturated rings. The van der Waals surface area contributed by atoms with Crippen LogP contribution in [0.25, 0.3) is 0 Å². The van der Waals surface area contributed by atoms with Gasteiger partial charge in [-0.15, -0.1) is 0 Å². The number of nitrogens with one attached hydrogen (secondary N) is 2. The number of aliphatic carboxylic acids is 1. The van der Waals surface area contributed by atoms with Gasteiger partial charge < -0.3 is 20.5 Å². The maximum atomic E-state index is 11.4. The highest BCUT2D eigenvalue weighted by molar-refractivity contribution is 5.82. The normalized spacial score (nSPS) is 20.9. The second-order valence-electron chi connectivity index (χ2n) is 3.37. The van der Waals surface area contributed by atoms with Crippen LogP contribution in [0.5, 0.6) is 0 Å². The number of hydrogen-bond donors (Lipinski definition) is 3. The molecule has 0 aromatic rings. The molecule has 1 saturated heterocycles. The van der Waals surface area contributed by atoms with Gasteiger partial charge in [0.05, 0.1) is 13.2 Å². The summed E-state index contributed by atoms with van der Waals surface area (Å²) in [4.78, 5) is 21.6. The average molecular weight is 216 g/mol. The van der Waals surface area contributed by atoms with Crippen molar-refractivity contribution in [1.29, 1.82) is 0 Å². The van der Waals surface area contributed by atoms with Gasteiger partial charge in [0.25, 0.3) is 0 Å². The van der Waals surface area contributed by atoms with Gasteiger partial charge in [0.1, 0.15) is 6.04 Å². The van der Waals surface area contributed by atoms with Crippen LogP contribution in [-0.2, 0) is 14.3 Å². The molecule has 0 aromatic heterocycles. The Kier molecular flexibility index (Phi) is 5.06. The van der Waals surface area contributed by atoms with E-state index in [4.69, 9.17) is 9.84 Å². The fraction of sp³-hybridized carbons (Fsp3) is 0.778. The lowest BCUT2D eigenvalue weighted by Gasteiger charge is -2.22. The summed E-state index contributed by atoms with van der Waals surface area (Å²) in [5, 5.41) is 14.1. The van der Waals surface area contributed by atoms with Gasteiger partial charge in [-0.3, -0.25) is 9.59 Å². The molecule has 6 heteroatoms. The zero-order valence-corrected chi connectivity index (χ0v) is 8.49. The smallest absolute Gasteiger partial charge is 0.303 e. The quantitative estimate of drug-likeness (QED) is 0.511. The van der Waals surface area contributed by atoms with Crippen LogP contribution in [0.15, 0.2) is 0 Å². The summed E-state index contributed by atoms with van der Waals surface area (Å²) in [6.45, 7) is 2.07. The topological polar surface area (TPSA) is 87.7 Å². The lowest BCUT2D eigenvalue weighted by atomic mass is 10.2. The molecule has 0 radical (unpaired) electrons. The van der Waals surface area contributed by atoms with E-state index in [2.05, 4.69) is 10.6 Å². The predicted octanol–water partition coefficient (Wildman–Crippen LogP) is -1.04. The molecule has 0 aliphatic carbocycles. The Labute approximate surface area is 88.0 Å². The standard InChI is InChI=1S/C9H16N2O4/c12-8(13)2-1-3-11-9(14)7-6-15-5-4-10-7/h7,10H,1-6H2,(H,11,14)(H,12,13). The van der Waals surface area contributed by atoms with E-state index >= 15 is 0 Å². The number of carboxylic acids is 1. The summed E-state index contributed by atoms with van der Waals surface area (Å²) < 4.78 is 5.13. The minimum atomic E-state index is -0.844. The Balaban J connectivity index is 2.09. The van der Waals surface area contributed by atoms with Crippen molar-refractivity contribution in [1.82, 2.24) is 10.6 Å². The number of carbonyl (C=O) groups excluding carboxylic acids is 1. The molecular weight excluding hydrogens is 200 g/mol. The van der Waals surface area contributed by atoms with Crippen LogP contribution in [0.1, 0.15) is 12.8 Å². The highest BCUT2D eigenvalue weighted by atomic mass is 16.5. The van der Waals surface area contributed by atoms with Gasteiger partial charge >= 0.3 is 5.97 Å². The number of carbonyl (C=O) groups is 2. The maximum absolute atomic E-state index is 11.4. The summed E-state index contributed by atoms with van der Waals surface area (Å²) in [6.07, 6.45) is 0.531. The first-order valence-corrected chi connectivity index (χ1v) is 5.01. The summed E-state index contributed by atoms with van der Waals surface area (Å²) >= 11 is 0. The molecule has 15 heavy (non-hydrogen) atoms. The highest BCUT2D eigenvalue weighted by Gasteiger charge is 2.20. The van der Waals surface area contributed by atoms with E-state index in [0.29, 0.717) is 32.7 Å². The van der Waals surface area contributed by atoms with E-state index in [1.807, 2.05) is 0 Å². The van der Waals surface area contributed by atoms with Crippen molar-refractivity contribution in [3.8, 4) is 0 Å². The highest BCUT2D eigenvalue weighted by Crippen LogP contribution is 1.93. The second-order valence-corrected chi connectivity index (χ2v) is 3.37. The first kappa shape index (κ1) is 11.9. The van der Waals surface area contributed by atoms with Crippen LogP contribution in [0.4, 0.5) is 0 Å². The van der Waals surface area contributed by atoms with Crippen LogP contribution in [-0.4, -0.2) is 49.3 Å². The first-order valence-electron chi connectivity index (χ1n) is 5.01. The van der Waals surface area contributed by atoms with Gasteiger partial charge in [-0.05, 0) is 6.42 Å². The molecule has 0 saturated carbocycles. The van der Waals surface area contributed by atoms with E-state index in [1.54, 1.807) is 0 Å². The Hall–Kier alpha value is -1.14. The number of carboxylic acid groups (broad SMARTS) is 1. The zero-order chi connectivity index (χ0) is 11.1. The molecule has 1 atom stereocenters. The number of rotatable bonds is 5. The Morgan fingerprint density at radius 2 is 2.33 bits per heavy atom. The molecule has 1 amide bonds. The van der Waals surface area contributed by atoms with Crippen LogP contribution >= 0.6 is 0 Å². The predicted molar refractivity (Wildman–Crippen MR) is 52.5 cm³/mol. The van der Waals surface area contributed by atoms with E-state index in [9.17, 15) is 9.59 Å². The molecule has 1 aliphatic heterocycles. The molecule has 1 unspecified atom stereocenters. The number of ether oxygens (including phenoxy) is 1. The summed E-state index contributed by atoms with van der Waals surface area (Å²) in [6, 6.07) is -0.302. The van der Waals surface area contributed by atoms with Crippen LogP contribution in [0.3, 0.4) is 0 Å². The Morgan fingerprint density at radius 1 is 1.53 bits per heavy atom. The van der Waals surface area contributed by atoms with Gasteiger partial charge in [-0.1, -0.05) is 0 Å². The molecular formula is C9H16N2O4. The summed E-state index contributed by atoms with van der Waals surface area (Å²) in [5.41, 5.74) is 0. The Bertz CT molecular complexity index is 226. The van der Waals surface area contributed by atoms with Crippen LogP contribution in [0, 0.1) is 0 Å². The lowest BCUT2D eigenvalue weighted by Crippen LogP contribution is -2.51. The van der Waals surface area contributed by atoms with E-state index in [-0.39, 0.29) is 18.4 Å². The zero-order valence-electron chi connectivity index (χ0n) is 8.49. The third-order valence-corrected chi connectivity index (χ3v) is 2.10. The molecule has 3 N–H and O–H groups in total. The number of amides is 1.